The Labute approximate surface area is 188 Å². The first kappa shape index (κ1) is 21.1. The first-order valence-electron chi connectivity index (χ1n) is 10.3. The minimum absolute atomic E-state index is 0.414. The standard InChI is InChI=1S/C27H26ClNO2/c1-18-11-12-25(19(2)13-18)29-16-20-14-24(28)27(26(15-20)30-3)31-17-22-9-6-8-21-7-4-5-10-23(21)22/h4-15,29H,16-17H2,1-3H3. The minimum Gasteiger partial charge on any atom is -0.493 e. The Morgan fingerprint density at radius 1 is 0.903 bits per heavy atom. The van der Waals surface area contributed by atoms with Crippen molar-refractivity contribution in [3.8, 4) is 11.5 Å². The van der Waals surface area contributed by atoms with E-state index < -0.39 is 0 Å². The van der Waals surface area contributed by atoms with Gasteiger partial charge in [-0.3, -0.25) is 0 Å². The zero-order valence-electron chi connectivity index (χ0n) is 18.0. The van der Waals surface area contributed by atoms with E-state index in [2.05, 4.69) is 61.6 Å². The Hall–Kier alpha value is -3.17. The van der Waals surface area contributed by atoms with Crippen molar-refractivity contribution in [1.82, 2.24) is 0 Å². The molecule has 1 N–H and O–H groups in total. The summed E-state index contributed by atoms with van der Waals surface area (Å²) >= 11 is 6.60. The number of hydrogen-bond acceptors (Lipinski definition) is 3. The van der Waals surface area contributed by atoms with Gasteiger partial charge in [-0.05, 0) is 59.5 Å². The molecule has 0 unspecified atom stereocenters. The van der Waals surface area contributed by atoms with Crippen LogP contribution in [0.5, 0.6) is 11.5 Å². The summed E-state index contributed by atoms with van der Waals surface area (Å²) in [6.07, 6.45) is 0. The molecule has 0 aromatic heterocycles. The lowest BCUT2D eigenvalue weighted by molar-refractivity contribution is 0.285. The quantitative estimate of drug-likeness (QED) is 0.332. The van der Waals surface area contributed by atoms with Crippen molar-refractivity contribution in [3.63, 3.8) is 0 Å². The summed E-state index contributed by atoms with van der Waals surface area (Å²) in [6.45, 7) is 5.26. The number of nitrogens with one attached hydrogen (secondary N) is 1. The van der Waals surface area contributed by atoms with E-state index in [4.69, 9.17) is 21.1 Å². The normalized spacial score (nSPS) is 10.8. The van der Waals surface area contributed by atoms with Crippen LogP contribution in [0.1, 0.15) is 22.3 Å². The molecule has 4 heteroatoms. The fourth-order valence-electron chi connectivity index (χ4n) is 3.79. The van der Waals surface area contributed by atoms with E-state index >= 15 is 0 Å². The molecule has 0 radical (unpaired) electrons. The maximum atomic E-state index is 6.60. The second kappa shape index (κ2) is 9.32. The van der Waals surface area contributed by atoms with Crippen LogP contribution >= 0.6 is 11.6 Å². The second-order valence-electron chi connectivity index (χ2n) is 7.71. The van der Waals surface area contributed by atoms with Gasteiger partial charge in [0.1, 0.15) is 6.61 Å². The summed E-state index contributed by atoms with van der Waals surface area (Å²) in [6, 6.07) is 24.8. The van der Waals surface area contributed by atoms with Crippen LogP contribution in [0.4, 0.5) is 5.69 Å². The van der Waals surface area contributed by atoms with E-state index in [9.17, 15) is 0 Å². The third-order valence-corrected chi connectivity index (χ3v) is 5.69. The zero-order chi connectivity index (χ0) is 21.8. The van der Waals surface area contributed by atoms with Crippen molar-refractivity contribution >= 4 is 28.1 Å². The number of ether oxygens (including phenoxy) is 2. The highest BCUT2D eigenvalue weighted by molar-refractivity contribution is 6.32. The number of fused-ring (bicyclic) bond motifs is 1. The molecule has 0 bridgehead atoms. The van der Waals surface area contributed by atoms with Gasteiger partial charge in [0.15, 0.2) is 11.5 Å². The van der Waals surface area contributed by atoms with E-state index in [0.717, 1.165) is 16.8 Å². The number of halogens is 1. The van der Waals surface area contributed by atoms with Crippen molar-refractivity contribution in [2.75, 3.05) is 12.4 Å². The molecule has 4 rings (SSSR count). The number of methoxy groups -OCH3 is 1. The minimum atomic E-state index is 0.414. The third kappa shape index (κ3) is 4.78. The molecule has 4 aromatic carbocycles. The molecular weight excluding hydrogens is 406 g/mol. The van der Waals surface area contributed by atoms with Crippen LogP contribution in [-0.4, -0.2) is 7.11 Å². The van der Waals surface area contributed by atoms with Crippen molar-refractivity contribution < 1.29 is 9.47 Å². The van der Waals surface area contributed by atoms with Gasteiger partial charge in [-0.2, -0.15) is 0 Å². The van der Waals surface area contributed by atoms with Gasteiger partial charge in [0.2, 0.25) is 0 Å². The van der Waals surface area contributed by atoms with Crippen molar-refractivity contribution in [3.05, 3.63) is 100 Å². The smallest absolute Gasteiger partial charge is 0.180 e. The fourth-order valence-corrected chi connectivity index (χ4v) is 4.08. The Morgan fingerprint density at radius 2 is 1.71 bits per heavy atom. The highest BCUT2D eigenvalue weighted by Crippen LogP contribution is 2.37. The number of hydrogen-bond donors (Lipinski definition) is 1. The second-order valence-corrected chi connectivity index (χ2v) is 8.12. The molecule has 158 valence electrons. The molecule has 0 fully saturated rings. The van der Waals surface area contributed by atoms with Crippen molar-refractivity contribution in [2.45, 2.75) is 27.0 Å². The van der Waals surface area contributed by atoms with Gasteiger partial charge in [0, 0.05) is 12.2 Å². The van der Waals surface area contributed by atoms with E-state index in [0.29, 0.717) is 29.7 Å². The molecule has 0 heterocycles. The third-order valence-electron chi connectivity index (χ3n) is 5.41. The summed E-state index contributed by atoms with van der Waals surface area (Å²) in [5, 5.41) is 6.38. The Kier molecular flexibility index (Phi) is 6.34. The average Bonchev–Trinajstić information content (AvgIpc) is 2.77. The van der Waals surface area contributed by atoms with Gasteiger partial charge in [-0.1, -0.05) is 71.8 Å². The first-order valence-corrected chi connectivity index (χ1v) is 10.7. The van der Waals surface area contributed by atoms with Crippen LogP contribution in [0, 0.1) is 13.8 Å². The maximum absolute atomic E-state index is 6.60. The molecule has 31 heavy (non-hydrogen) atoms. The molecular formula is C27H26ClNO2. The largest absolute Gasteiger partial charge is 0.493 e. The number of rotatable bonds is 7. The SMILES string of the molecule is COc1cc(CNc2ccc(C)cc2C)cc(Cl)c1OCc1cccc2ccccc12. The molecule has 0 saturated carbocycles. The van der Waals surface area contributed by atoms with Crippen LogP contribution in [-0.2, 0) is 13.2 Å². The summed E-state index contributed by atoms with van der Waals surface area (Å²) < 4.78 is 11.7. The first-order chi connectivity index (χ1) is 15.0. The predicted octanol–water partition coefficient (Wildman–Crippen LogP) is 7.31. The van der Waals surface area contributed by atoms with Gasteiger partial charge < -0.3 is 14.8 Å². The van der Waals surface area contributed by atoms with E-state index in [1.54, 1.807) is 7.11 Å². The summed E-state index contributed by atoms with van der Waals surface area (Å²) in [5.41, 5.74) is 5.71. The van der Waals surface area contributed by atoms with Crippen molar-refractivity contribution in [1.29, 1.82) is 0 Å². The monoisotopic (exact) mass is 431 g/mol. The zero-order valence-corrected chi connectivity index (χ0v) is 18.8. The van der Waals surface area contributed by atoms with Gasteiger partial charge in [0.05, 0.1) is 12.1 Å². The lowest BCUT2D eigenvalue weighted by atomic mass is 10.1. The highest BCUT2D eigenvalue weighted by atomic mass is 35.5. The highest BCUT2D eigenvalue weighted by Gasteiger charge is 2.13. The number of anilines is 1. The molecule has 0 spiro atoms. The van der Waals surface area contributed by atoms with Crippen LogP contribution < -0.4 is 14.8 Å². The van der Waals surface area contributed by atoms with Crippen LogP contribution in [0.3, 0.4) is 0 Å². The van der Waals surface area contributed by atoms with Crippen LogP contribution in [0.2, 0.25) is 5.02 Å². The Balaban J connectivity index is 1.52. The lowest BCUT2D eigenvalue weighted by Gasteiger charge is -2.16. The average molecular weight is 432 g/mol. The molecule has 0 atom stereocenters. The Bertz CT molecular complexity index is 1210. The fraction of sp³-hybridized carbons (Fsp3) is 0.185. The van der Waals surface area contributed by atoms with Gasteiger partial charge in [-0.15, -0.1) is 0 Å². The lowest BCUT2D eigenvalue weighted by Crippen LogP contribution is -2.04. The molecule has 0 amide bonds. The van der Waals surface area contributed by atoms with Crippen molar-refractivity contribution in [2.24, 2.45) is 0 Å². The summed E-state index contributed by atoms with van der Waals surface area (Å²) in [7, 11) is 1.64. The molecule has 0 aliphatic heterocycles. The number of aryl methyl sites for hydroxylation is 2. The van der Waals surface area contributed by atoms with E-state index in [1.807, 2.05) is 30.3 Å². The number of benzene rings is 4. The Morgan fingerprint density at radius 3 is 2.52 bits per heavy atom. The van der Waals surface area contributed by atoms with Crippen LogP contribution in [0.15, 0.2) is 72.8 Å². The predicted molar refractivity (Wildman–Crippen MR) is 130 cm³/mol. The molecule has 0 saturated heterocycles. The topological polar surface area (TPSA) is 30.5 Å². The summed E-state index contributed by atoms with van der Waals surface area (Å²) in [4.78, 5) is 0. The van der Waals surface area contributed by atoms with E-state index in [1.165, 1.54) is 21.9 Å². The molecule has 4 aromatic rings. The maximum Gasteiger partial charge on any atom is 0.180 e. The van der Waals surface area contributed by atoms with E-state index in [-0.39, 0.29) is 0 Å². The van der Waals surface area contributed by atoms with Gasteiger partial charge in [-0.25, -0.2) is 0 Å². The molecule has 3 nitrogen and oxygen atoms in total. The molecule has 0 aliphatic carbocycles. The van der Waals surface area contributed by atoms with Gasteiger partial charge >= 0.3 is 0 Å². The van der Waals surface area contributed by atoms with Crippen LogP contribution in [0.25, 0.3) is 10.8 Å². The van der Waals surface area contributed by atoms with Gasteiger partial charge in [0.25, 0.3) is 0 Å². The molecule has 0 aliphatic rings. The summed E-state index contributed by atoms with van der Waals surface area (Å²) in [5.74, 6) is 1.19.